The minimum absolute atomic E-state index is 0.0203. The van der Waals surface area contributed by atoms with Crippen molar-refractivity contribution in [2.24, 2.45) is 23.7 Å². The quantitative estimate of drug-likeness (QED) is 0.332. The first-order chi connectivity index (χ1) is 17.7. The molecule has 4 aliphatic heterocycles. The summed E-state index contributed by atoms with van der Waals surface area (Å²) in [6.45, 7) is 6.07. The van der Waals surface area contributed by atoms with Gasteiger partial charge in [0, 0.05) is 37.5 Å². The van der Waals surface area contributed by atoms with Crippen LogP contribution in [-0.2, 0) is 33.6 Å². The Morgan fingerprint density at radius 2 is 1.89 bits per heavy atom. The fourth-order valence-electron chi connectivity index (χ4n) is 6.56. The van der Waals surface area contributed by atoms with Gasteiger partial charge in [-0.05, 0) is 43.6 Å². The standard InChI is InChI=1S/C28H34N2O7/c1-17-10-11-21-18(2)25(34-26-28(21)20(17)14-15-27(3,35-26)36-37-28)33-24(32)13-12-23(31)30(4)22(16-29)19-8-6-5-7-9-19/h5-9,12-13,17-18,20-22,25-26H,10-11,14-15H2,1-4H3/b13-12-/t17-,18-,20?,21?,22?,25-,26-,27+,28-/m1/s1. The second kappa shape index (κ2) is 9.84. The number of amides is 1. The van der Waals surface area contributed by atoms with Gasteiger partial charge in [0.1, 0.15) is 6.04 Å². The van der Waals surface area contributed by atoms with Crippen molar-refractivity contribution in [1.82, 2.24) is 4.90 Å². The third-order valence-corrected chi connectivity index (χ3v) is 8.66. The molecule has 37 heavy (non-hydrogen) atoms. The molecular weight excluding hydrogens is 476 g/mol. The van der Waals surface area contributed by atoms with Gasteiger partial charge in [-0.2, -0.15) is 5.26 Å². The predicted octanol–water partition coefficient (Wildman–Crippen LogP) is 4.02. The lowest BCUT2D eigenvalue weighted by Crippen LogP contribution is -2.70. The smallest absolute Gasteiger partial charge is 0.333 e. The van der Waals surface area contributed by atoms with Crippen LogP contribution in [0.25, 0.3) is 0 Å². The fraction of sp³-hybridized carbons (Fsp3) is 0.607. The summed E-state index contributed by atoms with van der Waals surface area (Å²) in [4.78, 5) is 38.6. The van der Waals surface area contributed by atoms with Crippen LogP contribution in [-0.4, -0.2) is 47.8 Å². The lowest BCUT2D eigenvalue weighted by molar-refractivity contribution is -0.576. The van der Waals surface area contributed by atoms with E-state index in [1.54, 1.807) is 24.3 Å². The highest BCUT2D eigenvalue weighted by Crippen LogP contribution is 2.60. The van der Waals surface area contributed by atoms with E-state index < -0.39 is 41.9 Å². The molecule has 9 atom stereocenters. The summed E-state index contributed by atoms with van der Waals surface area (Å²) < 4.78 is 18.2. The Morgan fingerprint density at radius 3 is 2.62 bits per heavy atom. The number of hydrogen-bond acceptors (Lipinski definition) is 8. The number of ether oxygens (including phenoxy) is 3. The predicted molar refractivity (Wildman–Crippen MR) is 130 cm³/mol. The highest BCUT2D eigenvalue weighted by atomic mass is 17.3. The van der Waals surface area contributed by atoms with Gasteiger partial charge in [-0.1, -0.05) is 44.2 Å². The number of nitriles is 1. The minimum Gasteiger partial charge on any atom is -0.432 e. The Labute approximate surface area is 217 Å². The van der Waals surface area contributed by atoms with Crippen LogP contribution in [0.1, 0.15) is 58.1 Å². The number of esters is 1. The van der Waals surface area contributed by atoms with Gasteiger partial charge in [-0.25, -0.2) is 14.6 Å². The molecule has 198 valence electrons. The molecule has 1 spiro atoms. The number of carbonyl (C=O) groups excluding carboxylic acids is 2. The highest BCUT2D eigenvalue weighted by Gasteiger charge is 2.69. The molecule has 4 heterocycles. The van der Waals surface area contributed by atoms with Crippen molar-refractivity contribution in [2.75, 3.05) is 7.05 Å². The van der Waals surface area contributed by atoms with E-state index in [2.05, 4.69) is 13.0 Å². The molecular formula is C28H34N2O7. The minimum atomic E-state index is -0.917. The summed E-state index contributed by atoms with van der Waals surface area (Å²) in [6, 6.07) is 10.3. The van der Waals surface area contributed by atoms with E-state index in [0.29, 0.717) is 17.9 Å². The molecule has 0 radical (unpaired) electrons. The first kappa shape index (κ1) is 25.9. The Balaban J connectivity index is 1.28. The average Bonchev–Trinajstić information content (AvgIpc) is 3.12. The third kappa shape index (κ3) is 4.46. The van der Waals surface area contributed by atoms with Crippen molar-refractivity contribution in [3.63, 3.8) is 0 Å². The zero-order valence-electron chi connectivity index (χ0n) is 21.7. The maximum absolute atomic E-state index is 12.7. The van der Waals surface area contributed by atoms with Crippen molar-refractivity contribution in [2.45, 2.75) is 76.5 Å². The number of carbonyl (C=O) groups is 2. The van der Waals surface area contributed by atoms with E-state index in [4.69, 9.17) is 24.0 Å². The number of likely N-dealkylation sites (N-methyl/N-ethyl adjacent to an activating group) is 1. The summed E-state index contributed by atoms with van der Waals surface area (Å²) in [5, 5.41) is 9.58. The second-order valence-electron chi connectivity index (χ2n) is 10.9. The van der Waals surface area contributed by atoms with E-state index in [1.165, 1.54) is 11.9 Å². The van der Waals surface area contributed by atoms with Crippen LogP contribution in [0.2, 0.25) is 0 Å². The van der Waals surface area contributed by atoms with Crippen LogP contribution in [0.5, 0.6) is 0 Å². The normalized spacial score (nSPS) is 39.2. The highest BCUT2D eigenvalue weighted by molar-refractivity contribution is 5.94. The average molecular weight is 511 g/mol. The zero-order valence-corrected chi connectivity index (χ0v) is 21.7. The largest absolute Gasteiger partial charge is 0.432 e. The van der Waals surface area contributed by atoms with Crippen LogP contribution in [0.15, 0.2) is 42.5 Å². The van der Waals surface area contributed by atoms with Gasteiger partial charge >= 0.3 is 5.97 Å². The molecule has 1 amide bonds. The molecule has 6 rings (SSSR count). The summed E-state index contributed by atoms with van der Waals surface area (Å²) in [6.07, 6.45) is 4.14. The zero-order chi connectivity index (χ0) is 26.4. The SMILES string of the molecule is C[C@@H]1CCC2[C@@H](C)[C@H](OC(=O)/C=C\C(=O)N(C)C(C#N)c3ccccc3)O[C@@H]3O[C@]4(C)CCC1[C@@]23OO4. The molecule has 1 aliphatic carbocycles. The Morgan fingerprint density at radius 1 is 1.14 bits per heavy atom. The maximum Gasteiger partial charge on any atom is 0.333 e. The van der Waals surface area contributed by atoms with Crippen LogP contribution < -0.4 is 0 Å². The molecule has 1 aromatic rings. The number of nitrogens with zero attached hydrogens (tertiary/aromatic N) is 2. The van der Waals surface area contributed by atoms with E-state index in [-0.39, 0.29) is 17.8 Å². The first-order valence-corrected chi connectivity index (χ1v) is 13.0. The van der Waals surface area contributed by atoms with Crippen molar-refractivity contribution in [3.8, 4) is 6.07 Å². The molecule has 0 N–H and O–H groups in total. The fourth-order valence-corrected chi connectivity index (χ4v) is 6.56. The number of benzene rings is 1. The Kier molecular flexibility index (Phi) is 6.88. The van der Waals surface area contributed by atoms with E-state index in [9.17, 15) is 14.9 Å². The Hall–Kier alpha value is -2.77. The van der Waals surface area contributed by atoms with Gasteiger partial charge in [-0.3, -0.25) is 4.79 Å². The molecule has 9 heteroatoms. The van der Waals surface area contributed by atoms with Crippen LogP contribution in [0, 0.1) is 35.0 Å². The molecule has 2 bridgehead atoms. The molecule has 0 aromatic heterocycles. The first-order valence-electron chi connectivity index (χ1n) is 13.0. The molecule has 3 unspecified atom stereocenters. The van der Waals surface area contributed by atoms with Crippen molar-refractivity contribution < 1.29 is 33.6 Å². The second-order valence-corrected chi connectivity index (χ2v) is 10.9. The number of rotatable bonds is 5. The van der Waals surface area contributed by atoms with E-state index in [1.807, 2.05) is 19.9 Å². The van der Waals surface area contributed by atoms with Crippen molar-refractivity contribution in [1.29, 1.82) is 5.26 Å². The lowest BCUT2D eigenvalue weighted by atomic mass is 9.58. The van der Waals surface area contributed by atoms with Gasteiger partial charge in [-0.15, -0.1) is 0 Å². The van der Waals surface area contributed by atoms with Gasteiger partial charge in [0.15, 0.2) is 11.9 Å². The van der Waals surface area contributed by atoms with Gasteiger partial charge in [0.05, 0.1) is 6.07 Å². The summed E-state index contributed by atoms with van der Waals surface area (Å²) in [7, 11) is 1.52. The number of hydrogen-bond donors (Lipinski definition) is 0. The topological polar surface area (TPSA) is 107 Å². The van der Waals surface area contributed by atoms with Crippen LogP contribution >= 0.6 is 0 Å². The summed E-state index contributed by atoms with van der Waals surface area (Å²) in [5.41, 5.74) is -0.0539. The molecule has 1 saturated carbocycles. The monoisotopic (exact) mass is 510 g/mol. The van der Waals surface area contributed by atoms with Crippen LogP contribution in [0.4, 0.5) is 0 Å². The van der Waals surface area contributed by atoms with E-state index >= 15 is 0 Å². The van der Waals surface area contributed by atoms with Gasteiger partial charge in [0.2, 0.25) is 18.0 Å². The molecule has 1 aromatic carbocycles. The molecule has 5 aliphatic rings. The van der Waals surface area contributed by atoms with Crippen LogP contribution in [0.3, 0.4) is 0 Å². The summed E-state index contributed by atoms with van der Waals surface area (Å²) in [5.74, 6) is -1.61. The van der Waals surface area contributed by atoms with E-state index in [0.717, 1.165) is 31.4 Å². The van der Waals surface area contributed by atoms with Gasteiger partial charge < -0.3 is 19.1 Å². The van der Waals surface area contributed by atoms with Gasteiger partial charge in [0.25, 0.3) is 0 Å². The molecule has 9 nitrogen and oxygen atoms in total. The van der Waals surface area contributed by atoms with Crippen molar-refractivity contribution in [3.05, 3.63) is 48.0 Å². The maximum atomic E-state index is 12.7. The Bertz CT molecular complexity index is 1100. The summed E-state index contributed by atoms with van der Waals surface area (Å²) >= 11 is 0. The lowest BCUT2D eigenvalue weighted by Gasteiger charge is -2.59. The number of fused-ring (bicyclic) bond motifs is 2. The molecule has 5 fully saturated rings. The third-order valence-electron chi connectivity index (χ3n) is 8.66. The van der Waals surface area contributed by atoms with Crippen molar-refractivity contribution >= 4 is 11.9 Å². The molecule has 4 saturated heterocycles.